The van der Waals surface area contributed by atoms with Gasteiger partial charge in [0.25, 0.3) is 0 Å². The molecule has 0 bridgehead atoms. The molecule has 0 saturated carbocycles. The highest BCUT2D eigenvalue weighted by atomic mass is 32.1. The standard InChI is InChI=1S/C20H22N4O2S/c1-3-24-17(9-11-21-24)18-15(10-12-26-18)19(25)23(2)20-22-16(13-27-20)14-7-5-4-6-8-14/h4-9,11,13,15,18H,3,10,12H2,1-2H3/t15-,18-/m1/s1. The molecular formula is C20H22N4O2S. The highest BCUT2D eigenvalue weighted by molar-refractivity contribution is 7.14. The molecule has 0 spiro atoms. The van der Waals surface area contributed by atoms with Crippen molar-refractivity contribution in [2.24, 2.45) is 5.92 Å². The zero-order valence-corrected chi connectivity index (χ0v) is 16.2. The van der Waals surface area contributed by atoms with Crippen LogP contribution in [0.25, 0.3) is 11.3 Å². The first-order valence-corrected chi connectivity index (χ1v) is 9.99. The number of ether oxygens (including phenoxy) is 1. The molecule has 7 heteroatoms. The Morgan fingerprint density at radius 2 is 2.15 bits per heavy atom. The van der Waals surface area contributed by atoms with Crippen LogP contribution in [0.1, 0.15) is 25.1 Å². The summed E-state index contributed by atoms with van der Waals surface area (Å²) in [5.41, 5.74) is 2.90. The fraction of sp³-hybridized carbons (Fsp3) is 0.350. The minimum atomic E-state index is -0.254. The van der Waals surface area contributed by atoms with Gasteiger partial charge in [0.2, 0.25) is 5.91 Å². The number of hydrogen-bond acceptors (Lipinski definition) is 5. The third-order valence-corrected chi connectivity index (χ3v) is 5.85. The SMILES string of the molecule is CCn1nccc1[C@@H]1OCC[C@H]1C(=O)N(C)c1nc(-c2ccccc2)cs1. The van der Waals surface area contributed by atoms with Gasteiger partial charge in [0, 0.05) is 37.3 Å². The van der Waals surface area contributed by atoms with Gasteiger partial charge in [-0.25, -0.2) is 4.98 Å². The molecule has 0 unspecified atom stereocenters. The number of aromatic nitrogens is 3. The zero-order chi connectivity index (χ0) is 18.8. The predicted molar refractivity (Wildman–Crippen MR) is 106 cm³/mol. The summed E-state index contributed by atoms with van der Waals surface area (Å²) in [6, 6.07) is 11.9. The van der Waals surface area contributed by atoms with Gasteiger partial charge in [-0.15, -0.1) is 11.3 Å². The molecular weight excluding hydrogens is 360 g/mol. The summed E-state index contributed by atoms with van der Waals surface area (Å²) < 4.78 is 7.80. The molecule has 3 heterocycles. The number of anilines is 1. The highest BCUT2D eigenvalue weighted by Gasteiger charge is 2.39. The van der Waals surface area contributed by atoms with Crippen molar-refractivity contribution >= 4 is 22.4 Å². The molecule has 2 atom stereocenters. The smallest absolute Gasteiger partial charge is 0.234 e. The van der Waals surface area contributed by atoms with Crippen LogP contribution >= 0.6 is 11.3 Å². The van der Waals surface area contributed by atoms with Gasteiger partial charge in [-0.3, -0.25) is 14.4 Å². The molecule has 4 rings (SSSR count). The molecule has 0 aliphatic carbocycles. The maximum atomic E-state index is 13.2. The molecule has 1 saturated heterocycles. The average Bonchev–Trinajstić information content (AvgIpc) is 3.46. The lowest BCUT2D eigenvalue weighted by Gasteiger charge is -2.23. The Balaban J connectivity index is 1.54. The van der Waals surface area contributed by atoms with Crippen LogP contribution in [0.5, 0.6) is 0 Å². The Bertz CT molecular complexity index is 921. The van der Waals surface area contributed by atoms with Crippen molar-refractivity contribution in [2.75, 3.05) is 18.6 Å². The maximum absolute atomic E-state index is 13.2. The second-order valence-electron chi connectivity index (χ2n) is 6.54. The van der Waals surface area contributed by atoms with Crippen LogP contribution in [0.15, 0.2) is 48.0 Å². The number of thiazole rings is 1. The fourth-order valence-electron chi connectivity index (χ4n) is 3.49. The normalized spacial score (nSPS) is 19.3. The van der Waals surface area contributed by atoms with Gasteiger partial charge in [-0.1, -0.05) is 30.3 Å². The number of carbonyl (C=O) groups is 1. The molecule has 1 aliphatic heterocycles. The van der Waals surface area contributed by atoms with E-state index in [0.717, 1.165) is 23.5 Å². The van der Waals surface area contributed by atoms with Crippen molar-refractivity contribution in [3.05, 3.63) is 53.7 Å². The van der Waals surface area contributed by atoms with Crippen LogP contribution in [0.2, 0.25) is 0 Å². The number of carbonyl (C=O) groups excluding carboxylic acids is 1. The van der Waals surface area contributed by atoms with Crippen LogP contribution in [-0.4, -0.2) is 34.3 Å². The Labute approximate surface area is 162 Å². The van der Waals surface area contributed by atoms with Crippen LogP contribution in [-0.2, 0) is 16.1 Å². The van der Waals surface area contributed by atoms with Crippen molar-refractivity contribution < 1.29 is 9.53 Å². The molecule has 27 heavy (non-hydrogen) atoms. The van der Waals surface area contributed by atoms with E-state index in [2.05, 4.69) is 10.1 Å². The minimum absolute atomic E-state index is 0.0373. The number of aryl methyl sites for hydroxylation is 1. The van der Waals surface area contributed by atoms with E-state index in [-0.39, 0.29) is 17.9 Å². The average molecular weight is 382 g/mol. The van der Waals surface area contributed by atoms with E-state index >= 15 is 0 Å². The van der Waals surface area contributed by atoms with Gasteiger partial charge in [-0.2, -0.15) is 5.10 Å². The third kappa shape index (κ3) is 3.40. The van der Waals surface area contributed by atoms with Crippen molar-refractivity contribution in [2.45, 2.75) is 26.0 Å². The number of rotatable bonds is 5. The van der Waals surface area contributed by atoms with E-state index in [1.807, 2.05) is 53.4 Å². The Hall–Kier alpha value is -2.51. The van der Waals surface area contributed by atoms with E-state index < -0.39 is 0 Å². The van der Waals surface area contributed by atoms with E-state index in [9.17, 15) is 4.79 Å². The van der Waals surface area contributed by atoms with E-state index in [0.29, 0.717) is 18.2 Å². The number of nitrogens with zero attached hydrogens (tertiary/aromatic N) is 4. The summed E-state index contributed by atoms with van der Waals surface area (Å²) in [5.74, 6) is -0.184. The molecule has 2 aromatic heterocycles. The van der Waals surface area contributed by atoms with Gasteiger partial charge < -0.3 is 4.74 Å². The lowest BCUT2D eigenvalue weighted by molar-refractivity contribution is -0.124. The summed E-state index contributed by atoms with van der Waals surface area (Å²) >= 11 is 1.48. The second kappa shape index (κ2) is 7.62. The van der Waals surface area contributed by atoms with E-state index in [4.69, 9.17) is 4.74 Å². The first-order valence-electron chi connectivity index (χ1n) is 9.11. The topological polar surface area (TPSA) is 60.3 Å². The maximum Gasteiger partial charge on any atom is 0.234 e. The molecule has 3 aromatic rings. The highest BCUT2D eigenvalue weighted by Crippen LogP contribution is 2.37. The van der Waals surface area contributed by atoms with Gasteiger partial charge >= 0.3 is 0 Å². The summed E-state index contributed by atoms with van der Waals surface area (Å²) in [7, 11) is 1.79. The van der Waals surface area contributed by atoms with Crippen LogP contribution in [0, 0.1) is 5.92 Å². The summed E-state index contributed by atoms with van der Waals surface area (Å²) in [6.45, 7) is 3.37. The molecule has 1 aromatic carbocycles. The van der Waals surface area contributed by atoms with Crippen LogP contribution in [0.3, 0.4) is 0 Å². The number of benzene rings is 1. The molecule has 1 amide bonds. The second-order valence-corrected chi connectivity index (χ2v) is 7.37. The van der Waals surface area contributed by atoms with Crippen molar-refractivity contribution in [3.8, 4) is 11.3 Å². The summed E-state index contributed by atoms with van der Waals surface area (Å²) in [6.07, 6.45) is 2.22. The van der Waals surface area contributed by atoms with E-state index in [1.165, 1.54) is 11.3 Å². The van der Waals surface area contributed by atoms with Gasteiger partial charge in [0.05, 0.1) is 17.3 Å². The zero-order valence-electron chi connectivity index (χ0n) is 15.4. The Morgan fingerprint density at radius 3 is 2.93 bits per heavy atom. The van der Waals surface area contributed by atoms with Gasteiger partial charge in [-0.05, 0) is 19.4 Å². The largest absolute Gasteiger partial charge is 0.371 e. The minimum Gasteiger partial charge on any atom is -0.371 e. The quantitative estimate of drug-likeness (QED) is 0.674. The van der Waals surface area contributed by atoms with Crippen molar-refractivity contribution in [1.82, 2.24) is 14.8 Å². The lowest BCUT2D eigenvalue weighted by atomic mass is 9.97. The molecule has 6 nitrogen and oxygen atoms in total. The van der Waals surface area contributed by atoms with Crippen molar-refractivity contribution in [3.63, 3.8) is 0 Å². The monoisotopic (exact) mass is 382 g/mol. The Kier molecular flexibility index (Phi) is 5.05. The van der Waals surface area contributed by atoms with Crippen molar-refractivity contribution in [1.29, 1.82) is 0 Å². The summed E-state index contributed by atoms with van der Waals surface area (Å²) in [5, 5.41) is 7.01. The first kappa shape index (κ1) is 17.9. The number of amides is 1. The number of hydrogen-bond donors (Lipinski definition) is 0. The predicted octanol–water partition coefficient (Wildman–Crippen LogP) is 3.77. The van der Waals surface area contributed by atoms with Gasteiger partial charge in [0.15, 0.2) is 5.13 Å². The molecule has 140 valence electrons. The van der Waals surface area contributed by atoms with Crippen LogP contribution in [0.4, 0.5) is 5.13 Å². The third-order valence-electron chi connectivity index (χ3n) is 4.93. The molecule has 1 aliphatic rings. The first-order chi connectivity index (χ1) is 13.2. The fourth-order valence-corrected chi connectivity index (χ4v) is 4.29. The lowest BCUT2D eigenvalue weighted by Crippen LogP contribution is -2.34. The Morgan fingerprint density at radius 1 is 1.33 bits per heavy atom. The van der Waals surface area contributed by atoms with E-state index in [1.54, 1.807) is 18.1 Å². The summed E-state index contributed by atoms with van der Waals surface area (Å²) in [4.78, 5) is 19.5. The molecule has 0 N–H and O–H groups in total. The molecule has 0 radical (unpaired) electrons. The molecule has 1 fully saturated rings. The van der Waals surface area contributed by atoms with Gasteiger partial charge in [0.1, 0.15) is 6.10 Å². The van der Waals surface area contributed by atoms with Crippen LogP contribution < -0.4 is 4.90 Å².